The molecule has 110 valence electrons. The lowest BCUT2D eigenvalue weighted by atomic mass is 9.80. The van der Waals surface area contributed by atoms with Gasteiger partial charge in [0.2, 0.25) is 0 Å². The van der Waals surface area contributed by atoms with Gasteiger partial charge in [0, 0.05) is 17.7 Å². The van der Waals surface area contributed by atoms with Crippen LogP contribution in [0, 0.1) is 0 Å². The molecule has 0 spiro atoms. The summed E-state index contributed by atoms with van der Waals surface area (Å²) in [5.74, 6) is 0.889. The van der Waals surface area contributed by atoms with E-state index in [1.54, 1.807) is 0 Å². The Bertz CT molecular complexity index is 443. The zero-order valence-electron chi connectivity index (χ0n) is 13.4. The van der Waals surface area contributed by atoms with Gasteiger partial charge in [-0.3, -0.25) is 0 Å². The van der Waals surface area contributed by atoms with Crippen molar-refractivity contribution in [3.8, 4) is 0 Å². The minimum atomic E-state index is -0.342. The molecule has 20 heavy (non-hydrogen) atoms. The van der Waals surface area contributed by atoms with Crippen LogP contribution < -0.4 is 10.8 Å². The summed E-state index contributed by atoms with van der Waals surface area (Å²) in [4.78, 5) is 4.44. The molecule has 1 saturated heterocycles. The monoisotopic (exact) mass is 276 g/mol. The smallest absolute Gasteiger partial charge is 0.399 e. The molecule has 1 aliphatic heterocycles. The van der Waals surface area contributed by atoms with Gasteiger partial charge in [-0.05, 0) is 47.1 Å². The van der Waals surface area contributed by atoms with E-state index in [1.165, 1.54) is 0 Å². The van der Waals surface area contributed by atoms with Crippen molar-refractivity contribution in [2.24, 2.45) is 0 Å². The Hall–Kier alpha value is -1.07. The van der Waals surface area contributed by atoms with E-state index < -0.39 is 0 Å². The number of hydrogen-bond donors (Lipinski definition) is 1. The van der Waals surface area contributed by atoms with Crippen molar-refractivity contribution < 1.29 is 9.31 Å². The highest BCUT2D eigenvalue weighted by Crippen LogP contribution is 2.36. The zero-order chi connectivity index (χ0) is 15.0. The molecule has 0 aliphatic carbocycles. The highest BCUT2D eigenvalue weighted by Gasteiger charge is 2.51. The lowest BCUT2D eigenvalue weighted by Gasteiger charge is -2.32. The third-order valence-corrected chi connectivity index (χ3v) is 4.32. The maximum absolute atomic E-state index is 6.01. The third-order valence-electron chi connectivity index (χ3n) is 4.32. The Kier molecular flexibility index (Phi) is 4.12. The molecule has 1 N–H and O–H groups in total. The van der Waals surface area contributed by atoms with Crippen LogP contribution in [0.4, 0.5) is 5.82 Å². The Morgan fingerprint density at radius 1 is 1.20 bits per heavy atom. The molecule has 0 amide bonds. The number of nitrogens with one attached hydrogen (secondary N) is 1. The molecule has 1 unspecified atom stereocenters. The first kappa shape index (κ1) is 15.3. The third kappa shape index (κ3) is 2.99. The molecule has 4 nitrogen and oxygen atoms in total. The van der Waals surface area contributed by atoms with Crippen molar-refractivity contribution in [3.63, 3.8) is 0 Å². The number of anilines is 1. The van der Waals surface area contributed by atoms with Crippen LogP contribution in [0.15, 0.2) is 18.3 Å². The Labute approximate surface area is 122 Å². The maximum atomic E-state index is 6.01. The summed E-state index contributed by atoms with van der Waals surface area (Å²) >= 11 is 0. The van der Waals surface area contributed by atoms with Crippen molar-refractivity contribution >= 4 is 18.4 Å². The van der Waals surface area contributed by atoms with E-state index in [0.29, 0.717) is 6.04 Å². The van der Waals surface area contributed by atoms with Gasteiger partial charge in [-0.15, -0.1) is 0 Å². The average molecular weight is 276 g/mol. The summed E-state index contributed by atoms with van der Waals surface area (Å²) in [6, 6.07) is 4.41. The van der Waals surface area contributed by atoms with E-state index in [9.17, 15) is 0 Å². The summed E-state index contributed by atoms with van der Waals surface area (Å²) < 4.78 is 12.0. The Balaban J connectivity index is 2.08. The van der Waals surface area contributed by atoms with Crippen LogP contribution in [0.5, 0.6) is 0 Å². The molecule has 5 heteroatoms. The van der Waals surface area contributed by atoms with Gasteiger partial charge in [0.15, 0.2) is 0 Å². The fraction of sp³-hybridized carbons (Fsp3) is 0.667. The summed E-state index contributed by atoms with van der Waals surface area (Å²) in [7, 11) is -0.342. The first-order valence-electron chi connectivity index (χ1n) is 7.33. The molecule has 2 heterocycles. The fourth-order valence-corrected chi connectivity index (χ4v) is 1.96. The van der Waals surface area contributed by atoms with E-state index in [2.05, 4.69) is 51.8 Å². The summed E-state index contributed by atoms with van der Waals surface area (Å²) in [6.45, 7) is 12.5. The van der Waals surface area contributed by atoms with Crippen LogP contribution in [0.25, 0.3) is 0 Å². The van der Waals surface area contributed by atoms with Gasteiger partial charge in [-0.2, -0.15) is 0 Å². The summed E-state index contributed by atoms with van der Waals surface area (Å²) in [6.07, 6.45) is 2.90. The Morgan fingerprint density at radius 2 is 1.80 bits per heavy atom. The minimum absolute atomic E-state index is 0.314. The number of aromatic nitrogens is 1. The van der Waals surface area contributed by atoms with E-state index >= 15 is 0 Å². The predicted molar refractivity (Wildman–Crippen MR) is 83.3 cm³/mol. The quantitative estimate of drug-likeness (QED) is 0.858. The molecule has 2 rings (SSSR count). The molecule has 1 atom stereocenters. The second-order valence-electron chi connectivity index (χ2n) is 6.52. The largest absolute Gasteiger partial charge is 0.496 e. The molecule has 0 bridgehead atoms. The standard InChI is InChI=1S/C15H25BN2O2/c1-7-11(2)18-13-9-8-12(10-17-13)16-19-14(3,4)15(5,6)20-16/h8-11H,7H2,1-6H3,(H,17,18). The van der Waals surface area contributed by atoms with Gasteiger partial charge < -0.3 is 14.6 Å². The van der Waals surface area contributed by atoms with Crippen LogP contribution >= 0.6 is 0 Å². The van der Waals surface area contributed by atoms with Gasteiger partial charge in [0.1, 0.15) is 5.82 Å². The van der Waals surface area contributed by atoms with Crippen molar-refractivity contribution in [3.05, 3.63) is 18.3 Å². The van der Waals surface area contributed by atoms with E-state index in [1.807, 2.05) is 18.3 Å². The highest BCUT2D eigenvalue weighted by molar-refractivity contribution is 6.62. The first-order valence-corrected chi connectivity index (χ1v) is 7.33. The average Bonchev–Trinajstić information content (AvgIpc) is 2.59. The summed E-state index contributed by atoms with van der Waals surface area (Å²) in [5, 5.41) is 3.35. The van der Waals surface area contributed by atoms with Gasteiger partial charge in [0.05, 0.1) is 11.2 Å². The van der Waals surface area contributed by atoms with Gasteiger partial charge in [-0.25, -0.2) is 4.98 Å². The van der Waals surface area contributed by atoms with Crippen molar-refractivity contribution in [1.82, 2.24) is 4.98 Å². The topological polar surface area (TPSA) is 43.4 Å². The van der Waals surface area contributed by atoms with Crippen LogP contribution in [-0.4, -0.2) is 29.3 Å². The summed E-state index contributed by atoms with van der Waals surface area (Å²) in [5.41, 5.74) is 0.328. The highest BCUT2D eigenvalue weighted by atomic mass is 16.7. The molecular weight excluding hydrogens is 251 g/mol. The first-order chi connectivity index (χ1) is 9.25. The van der Waals surface area contributed by atoms with Gasteiger partial charge >= 0.3 is 7.12 Å². The second-order valence-corrected chi connectivity index (χ2v) is 6.52. The number of nitrogens with zero attached hydrogens (tertiary/aromatic N) is 1. The van der Waals surface area contributed by atoms with Crippen molar-refractivity contribution in [2.75, 3.05) is 5.32 Å². The molecule has 0 aromatic carbocycles. The van der Waals surface area contributed by atoms with Crippen LogP contribution in [0.3, 0.4) is 0 Å². The normalized spacial score (nSPS) is 21.8. The second kappa shape index (κ2) is 5.37. The molecule has 1 aromatic rings. The number of hydrogen-bond acceptors (Lipinski definition) is 4. The van der Waals surface area contributed by atoms with Gasteiger partial charge in [-0.1, -0.05) is 13.0 Å². The predicted octanol–water partition coefficient (Wildman–Crippen LogP) is 2.59. The fourth-order valence-electron chi connectivity index (χ4n) is 1.96. The van der Waals surface area contributed by atoms with Crippen LogP contribution in [-0.2, 0) is 9.31 Å². The molecule has 1 aliphatic rings. The van der Waals surface area contributed by atoms with Crippen LogP contribution in [0.1, 0.15) is 48.0 Å². The van der Waals surface area contributed by atoms with Crippen molar-refractivity contribution in [1.29, 1.82) is 0 Å². The number of pyridine rings is 1. The van der Waals surface area contributed by atoms with Crippen LogP contribution in [0.2, 0.25) is 0 Å². The van der Waals surface area contributed by atoms with Crippen molar-refractivity contribution in [2.45, 2.75) is 65.2 Å². The zero-order valence-corrected chi connectivity index (χ0v) is 13.4. The molecule has 0 saturated carbocycles. The van der Waals surface area contributed by atoms with Gasteiger partial charge in [0.25, 0.3) is 0 Å². The van der Waals surface area contributed by atoms with E-state index in [-0.39, 0.29) is 18.3 Å². The SMILES string of the molecule is CCC(C)Nc1ccc(B2OC(C)(C)C(C)(C)O2)cn1. The van der Waals surface area contributed by atoms with E-state index in [4.69, 9.17) is 9.31 Å². The maximum Gasteiger partial charge on any atom is 0.496 e. The lowest BCUT2D eigenvalue weighted by molar-refractivity contribution is 0.00578. The molecular formula is C15H25BN2O2. The Morgan fingerprint density at radius 3 is 2.25 bits per heavy atom. The van der Waals surface area contributed by atoms with E-state index in [0.717, 1.165) is 17.7 Å². The minimum Gasteiger partial charge on any atom is -0.399 e. The lowest BCUT2D eigenvalue weighted by Crippen LogP contribution is -2.41. The molecule has 1 fully saturated rings. The number of rotatable bonds is 4. The molecule has 0 radical (unpaired) electrons. The molecule has 1 aromatic heterocycles.